The number of hydrogen-bond acceptors (Lipinski definition) is 4. The molecule has 1 unspecified atom stereocenters. The average Bonchev–Trinajstić information content (AvgIpc) is 2.64. The van der Waals surface area contributed by atoms with Gasteiger partial charge in [-0.2, -0.15) is 0 Å². The van der Waals surface area contributed by atoms with Crippen LogP contribution < -0.4 is 15.4 Å². The van der Waals surface area contributed by atoms with Crippen LogP contribution in [0.2, 0.25) is 0 Å². The molecule has 0 spiro atoms. The molecule has 1 amide bonds. The molecule has 2 N–H and O–H groups in total. The Morgan fingerprint density at radius 1 is 1.25 bits per heavy atom. The predicted molar refractivity (Wildman–Crippen MR) is 93.3 cm³/mol. The topological polar surface area (TPSA) is 63.2 Å². The van der Waals surface area contributed by atoms with Crippen molar-refractivity contribution in [2.24, 2.45) is 5.92 Å². The van der Waals surface area contributed by atoms with Gasteiger partial charge in [0.1, 0.15) is 11.5 Å². The maximum Gasteiger partial charge on any atom is 0.251 e. The van der Waals surface area contributed by atoms with Gasteiger partial charge in [0.2, 0.25) is 0 Å². The molecule has 1 aliphatic heterocycles. The summed E-state index contributed by atoms with van der Waals surface area (Å²) in [5.41, 5.74) is 0.648. The highest BCUT2D eigenvalue weighted by Gasteiger charge is 2.13. The maximum atomic E-state index is 12.2. The lowest BCUT2D eigenvalue weighted by molar-refractivity contribution is 0.0950. The molecule has 3 rings (SSSR count). The summed E-state index contributed by atoms with van der Waals surface area (Å²) in [6, 6.07) is 10.8. The quantitative estimate of drug-likeness (QED) is 0.857. The van der Waals surface area contributed by atoms with E-state index in [-0.39, 0.29) is 5.91 Å². The molecule has 1 atom stereocenters. The number of ether oxygens (including phenoxy) is 1. The van der Waals surface area contributed by atoms with Crippen LogP contribution in [-0.4, -0.2) is 30.5 Å². The van der Waals surface area contributed by atoms with Crippen molar-refractivity contribution in [1.29, 1.82) is 0 Å². The van der Waals surface area contributed by atoms with Crippen LogP contribution in [0.4, 0.5) is 0 Å². The number of nitrogens with zero attached hydrogens (tertiary/aromatic N) is 1. The van der Waals surface area contributed by atoms with E-state index in [1.807, 2.05) is 12.1 Å². The van der Waals surface area contributed by atoms with Gasteiger partial charge in [0.15, 0.2) is 0 Å². The van der Waals surface area contributed by atoms with Gasteiger partial charge in [-0.15, -0.1) is 0 Å². The Hall–Kier alpha value is -2.40. The van der Waals surface area contributed by atoms with Crippen molar-refractivity contribution in [3.05, 3.63) is 54.4 Å². The summed E-state index contributed by atoms with van der Waals surface area (Å²) >= 11 is 0. The van der Waals surface area contributed by atoms with E-state index in [9.17, 15) is 4.79 Å². The van der Waals surface area contributed by atoms with Crippen molar-refractivity contribution >= 4 is 5.91 Å². The standard InChI is InChI=1S/C19H23N3O2/c23-19(22-12-9-15-3-1-10-20-13-15)16-5-7-17(8-6-16)24-18-4-2-11-21-14-18/h2,4-8,11,14-15,20H,1,3,9-10,12-13H2,(H,22,23). The Bertz CT molecular complexity index is 637. The molecule has 0 radical (unpaired) electrons. The first kappa shape index (κ1) is 16.5. The summed E-state index contributed by atoms with van der Waals surface area (Å²) in [7, 11) is 0. The van der Waals surface area contributed by atoms with Crippen molar-refractivity contribution < 1.29 is 9.53 Å². The van der Waals surface area contributed by atoms with Gasteiger partial charge in [-0.3, -0.25) is 9.78 Å². The van der Waals surface area contributed by atoms with Gasteiger partial charge in [0.05, 0.1) is 6.20 Å². The second-order valence-electron chi connectivity index (χ2n) is 6.07. The number of hydrogen-bond donors (Lipinski definition) is 2. The first-order valence-corrected chi connectivity index (χ1v) is 8.48. The number of aromatic nitrogens is 1. The van der Waals surface area contributed by atoms with E-state index >= 15 is 0 Å². The zero-order valence-corrected chi connectivity index (χ0v) is 13.7. The monoisotopic (exact) mass is 325 g/mol. The van der Waals surface area contributed by atoms with Gasteiger partial charge >= 0.3 is 0 Å². The van der Waals surface area contributed by atoms with Gasteiger partial charge in [-0.25, -0.2) is 0 Å². The maximum absolute atomic E-state index is 12.2. The number of carbonyl (C=O) groups is 1. The molecule has 2 aromatic rings. The molecule has 0 bridgehead atoms. The second kappa shape index (κ2) is 8.45. The Labute approximate surface area is 142 Å². The molecule has 126 valence electrons. The van der Waals surface area contributed by atoms with Crippen LogP contribution in [0.15, 0.2) is 48.8 Å². The van der Waals surface area contributed by atoms with Crippen LogP contribution in [0, 0.1) is 5.92 Å². The van der Waals surface area contributed by atoms with Gasteiger partial charge in [-0.1, -0.05) is 0 Å². The third-order valence-corrected chi connectivity index (χ3v) is 4.22. The SMILES string of the molecule is O=C(NCCC1CCCNC1)c1ccc(Oc2cccnc2)cc1. The van der Waals surface area contributed by atoms with Crippen molar-refractivity contribution in [2.75, 3.05) is 19.6 Å². The van der Waals surface area contributed by atoms with Gasteiger partial charge in [0.25, 0.3) is 5.91 Å². The van der Waals surface area contributed by atoms with Gasteiger partial charge in [-0.05, 0) is 74.7 Å². The smallest absolute Gasteiger partial charge is 0.251 e. The number of nitrogens with one attached hydrogen (secondary N) is 2. The fourth-order valence-electron chi connectivity index (χ4n) is 2.88. The number of rotatable bonds is 6. The first-order valence-electron chi connectivity index (χ1n) is 8.48. The summed E-state index contributed by atoms with van der Waals surface area (Å²) < 4.78 is 5.67. The number of pyridine rings is 1. The number of benzene rings is 1. The Kier molecular flexibility index (Phi) is 5.80. The minimum absolute atomic E-state index is 0.0355. The summed E-state index contributed by atoms with van der Waals surface area (Å²) in [6.07, 6.45) is 6.87. The molecule has 1 aliphatic rings. The highest BCUT2D eigenvalue weighted by Crippen LogP contribution is 2.20. The van der Waals surface area contributed by atoms with Gasteiger partial charge < -0.3 is 15.4 Å². The molecular formula is C19H23N3O2. The molecule has 0 saturated carbocycles. The van der Waals surface area contributed by atoms with Crippen LogP contribution >= 0.6 is 0 Å². The first-order chi connectivity index (χ1) is 11.8. The Balaban J connectivity index is 1.46. The Morgan fingerprint density at radius 2 is 2.12 bits per heavy atom. The van der Waals surface area contributed by atoms with Crippen molar-refractivity contribution in [3.63, 3.8) is 0 Å². The normalized spacial score (nSPS) is 17.2. The zero-order valence-electron chi connectivity index (χ0n) is 13.7. The van der Waals surface area contributed by atoms with Crippen molar-refractivity contribution in [3.8, 4) is 11.5 Å². The lowest BCUT2D eigenvalue weighted by Gasteiger charge is -2.22. The van der Waals surface area contributed by atoms with Crippen LogP contribution in [0.3, 0.4) is 0 Å². The molecule has 1 aromatic heterocycles. The number of amides is 1. The molecule has 5 nitrogen and oxygen atoms in total. The van der Waals surface area contributed by atoms with E-state index in [1.165, 1.54) is 12.8 Å². The van der Waals surface area contributed by atoms with E-state index in [0.29, 0.717) is 23.0 Å². The largest absolute Gasteiger partial charge is 0.456 e. The zero-order chi connectivity index (χ0) is 16.6. The molecule has 1 saturated heterocycles. The molecule has 0 aliphatic carbocycles. The lowest BCUT2D eigenvalue weighted by atomic mass is 9.96. The average molecular weight is 325 g/mol. The summed E-state index contributed by atoms with van der Waals surface area (Å²) in [5.74, 6) is 2.00. The third-order valence-electron chi connectivity index (χ3n) is 4.22. The molecule has 2 heterocycles. The minimum Gasteiger partial charge on any atom is -0.456 e. The summed E-state index contributed by atoms with van der Waals surface area (Å²) in [4.78, 5) is 16.2. The molecule has 1 aromatic carbocycles. The second-order valence-corrected chi connectivity index (χ2v) is 6.07. The third kappa shape index (κ3) is 4.80. The summed E-state index contributed by atoms with van der Waals surface area (Å²) in [5, 5.41) is 6.40. The Morgan fingerprint density at radius 3 is 2.83 bits per heavy atom. The van der Waals surface area contributed by atoms with E-state index in [0.717, 1.165) is 26.1 Å². The molecular weight excluding hydrogens is 302 g/mol. The predicted octanol–water partition coefficient (Wildman–Crippen LogP) is 2.99. The van der Waals surface area contributed by atoms with Crippen LogP contribution in [-0.2, 0) is 0 Å². The van der Waals surface area contributed by atoms with E-state index < -0.39 is 0 Å². The van der Waals surface area contributed by atoms with E-state index in [1.54, 1.807) is 36.7 Å². The molecule has 1 fully saturated rings. The number of piperidine rings is 1. The highest BCUT2D eigenvalue weighted by molar-refractivity contribution is 5.94. The van der Waals surface area contributed by atoms with Crippen LogP contribution in [0.25, 0.3) is 0 Å². The lowest BCUT2D eigenvalue weighted by Crippen LogP contribution is -2.33. The highest BCUT2D eigenvalue weighted by atomic mass is 16.5. The fourth-order valence-corrected chi connectivity index (χ4v) is 2.88. The molecule has 24 heavy (non-hydrogen) atoms. The fraction of sp³-hybridized carbons (Fsp3) is 0.368. The number of carbonyl (C=O) groups excluding carboxylic acids is 1. The molecule has 5 heteroatoms. The van der Waals surface area contributed by atoms with E-state index in [2.05, 4.69) is 15.6 Å². The summed E-state index contributed by atoms with van der Waals surface area (Å²) in [6.45, 7) is 2.91. The van der Waals surface area contributed by atoms with Gasteiger partial charge in [0, 0.05) is 18.3 Å². The van der Waals surface area contributed by atoms with E-state index in [4.69, 9.17) is 4.74 Å². The van der Waals surface area contributed by atoms with Crippen LogP contribution in [0.5, 0.6) is 11.5 Å². The minimum atomic E-state index is -0.0355. The van der Waals surface area contributed by atoms with Crippen molar-refractivity contribution in [1.82, 2.24) is 15.6 Å². The van der Waals surface area contributed by atoms with Crippen molar-refractivity contribution in [2.45, 2.75) is 19.3 Å². The van der Waals surface area contributed by atoms with Crippen LogP contribution in [0.1, 0.15) is 29.6 Å².